The second-order valence-electron chi connectivity index (χ2n) is 4.02. The summed E-state index contributed by atoms with van der Waals surface area (Å²) in [5, 5.41) is 1.51. The summed E-state index contributed by atoms with van der Waals surface area (Å²) in [4.78, 5) is 0. The van der Waals surface area contributed by atoms with E-state index in [2.05, 4.69) is 28.1 Å². The summed E-state index contributed by atoms with van der Waals surface area (Å²) in [5.74, 6) is 2.89. The number of methoxy groups -OCH3 is 2. The minimum Gasteiger partial charge on any atom is -0.493 e. The molecule has 0 spiro atoms. The summed E-state index contributed by atoms with van der Waals surface area (Å²) >= 11 is 5.62. The second kappa shape index (κ2) is 6.01. The van der Waals surface area contributed by atoms with E-state index in [-0.39, 0.29) is 0 Å². The van der Waals surface area contributed by atoms with Crippen molar-refractivity contribution in [3.63, 3.8) is 0 Å². The lowest BCUT2D eigenvalue weighted by Crippen LogP contribution is -2.01. The highest BCUT2D eigenvalue weighted by Gasteiger charge is 2.21. The Labute approximate surface area is 115 Å². The molecule has 0 saturated carbocycles. The molecule has 1 heterocycles. The first kappa shape index (κ1) is 13.1. The number of thioether (sulfide) groups is 1. The number of halogens is 1. The molecule has 1 aliphatic heterocycles. The second-order valence-corrected chi connectivity index (χ2v) is 5.98. The summed E-state index contributed by atoms with van der Waals surface area (Å²) in [5.41, 5.74) is 2.79. The lowest BCUT2D eigenvalue weighted by molar-refractivity contribution is 0.354. The minimum absolute atomic E-state index is 0.521. The van der Waals surface area contributed by atoms with Crippen molar-refractivity contribution in [3.05, 3.63) is 23.3 Å². The van der Waals surface area contributed by atoms with Crippen LogP contribution in [0.25, 0.3) is 0 Å². The maximum Gasteiger partial charge on any atom is 0.161 e. The van der Waals surface area contributed by atoms with E-state index in [1.54, 1.807) is 14.2 Å². The van der Waals surface area contributed by atoms with Crippen molar-refractivity contribution in [2.24, 2.45) is 0 Å². The van der Waals surface area contributed by atoms with Gasteiger partial charge in [0.2, 0.25) is 0 Å². The number of ether oxygens (including phenoxy) is 2. The Morgan fingerprint density at radius 1 is 1.29 bits per heavy atom. The van der Waals surface area contributed by atoms with E-state index in [0.717, 1.165) is 23.2 Å². The zero-order valence-electron chi connectivity index (χ0n) is 10.2. The van der Waals surface area contributed by atoms with Crippen molar-refractivity contribution in [3.8, 4) is 11.5 Å². The first-order valence-electron chi connectivity index (χ1n) is 5.72. The van der Waals surface area contributed by atoms with Crippen LogP contribution < -0.4 is 9.47 Å². The molecular weight excluding hydrogens is 300 g/mol. The third-order valence-corrected chi connectivity index (χ3v) is 5.47. The van der Waals surface area contributed by atoms with Crippen LogP contribution in [0.3, 0.4) is 0 Å². The van der Waals surface area contributed by atoms with Crippen LogP contribution in [0.1, 0.15) is 22.8 Å². The monoisotopic (exact) mass is 316 g/mol. The molecule has 1 atom stereocenters. The van der Waals surface area contributed by atoms with Gasteiger partial charge in [0.25, 0.3) is 0 Å². The van der Waals surface area contributed by atoms with E-state index in [4.69, 9.17) is 9.47 Å². The molecule has 0 aliphatic carbocycles. The molecule has 2 nitrogen and oxygen atoms in total. The molecule has 0 radical (unpaired) electrons. The summed E-state index contributed by atoms with van der Waals surface area (Å²) in [6, 6.07) is 4.27. The topological polar surface area (TPSA) is 18.5 Å². The van der Waals surface area contributed by atoms with Crippen molar-refractivity contribution in [1.82, 2.24) is 0 Å². The standard InChI is InChI=1S/C13H17BrO2S/c1-15-11-6-9-4-3-5-17-13(8-14)10(9)7-12(11)16-2/h6-7,13H,3-5,8H2,1-2H3. The van der Waals surface area contributed by atoms with Gasteiger partial charge in [0, 0.05) is 10.6 Å². The Bertz CT molecular complexity index is 395. The average Bonchev–Trinajstić information content (AvgIpc) is 2.58. The van der Waals surface area contributed by atoms with Gasteiger partial charge in [-0.3, -0.25) is 0 Å². The number of hydrogen-bond acceptors (Lipinski definition) is 3. The fourth-order valence-corrected chi connectivity index (χ4v) is 4.15. The molecule has 1 aromatic rings. The van der Waals surface area contributed by atoms with Gasteiger partial charge in [-0.15, -0.1) is 0 Å². The van der Waals surface area contributed by atoms with Crippen LogP contribution in [0.4, 0.5) is 0 Å². The number of aryl methyl sites for hydroxylation is 1. The van der Waals surface area contributed by atoms with Gasteiger partial charge in [0.1, 0.15) is 0 Å². The number of fused-ring (bicyclic) bond motifs is 1. The molecule has 1 unspecified atom stereocenters. The SMILES string of the molecule is COc1cc2c(cc1OC)C(CBr)SCCC2. The average molecular weight is 317 g/mol. The van der Waals surface area contributed by atoms with E-state index < -0.39 is 0 Å². The zero-order chi connectivity index (χ0) is 12.3. The van der Waals surface area contributed by atoms with E-state index in [1.165, 1.54) is 23.3 Å². The molecule has 1 aromatic carbocycles. The highest BCUT2D eigenvalue weighted by Crippen LogP contribution is 2.41. The van der Waals surface area contributed by atoms with Gasteiger partial charge >= 0.3 is 0 Å². The number of benzene rings is 1. The van der Waals surface area contributed by atoms with Crippen molar-refractivity contribution in [2.75, 3.05) is 25.3 Å². The smallest absolute Gasteiger partial charge is 0.161 e. The lowest BCUT2D eigenvalue weighted by atomic mass is 10.00. The maximum absolute atomic E-state index is 5.39. The third-order valence-electron chi connectivity index (χ3n) is 3.04. The molecule has 4 heteroatoms. The molecule has 0 fully saturated rings. The summed E-state index contributed by atoms with van der Waals surface area (Å²) in [6.45, 7) is 0. The summed E-state index contributed by atoms with van der Waals surface area (Å²) in [7, 11) is 3.38. The molecule has 94 valence electrons. The molecule has 2 rings (SSSR count). The Morgan fingerprint density at radius 3 is 2.65 bits per heavy atom. The lowest BCUT2D eigenvalue weighted by Gasteiger charge is -2.17. The highest BCUT2D eigenvalue weighted by atomic mass is 79.9. The van der Waals surface area contributed by atoms with Gasteiger partial charge in [-0.05, 0) is 41.9 Å². The minimum atomic E-state index is 0.521. The summed E-state index contributed by atoms with van der Waals surface area (Å²) < 4.78 is 10.8. The molecule has 1 aliphatic rings. The predicted molar refractivity (Wildman–Crippen MR) is 76.9 cm³/mol. The van der Waals surface area contributed by atoms with Gasteiger partial charge in [-0.25, -0.2) is 0 Å². The normalized spacial score (nSPS) is 19.4. The van der Waals surface area contributed by atoms with Crippen LogP contribution in [0, 0.1) is 0 Å². The van der Waals surface area contributed by atoms with Gasteiger partial charge in [-0.2, -0.15) is 11.8 Å². The van der Waals surface area contributed by atoms with Crippen molar-refractivity contribution in [2.45, 2.75) is 18.1 Å². The van der Waals surface area contributed by atoms with E-state index in [9.17, 15) is 0 Å². The number of hydrogen-bond donors (Lipinski definition) is 0. The molecule has 0 saturated heterocycles. The Hall–Kier alpha value is -0.350. The fraction of sp³-hybridized carbons (Fsp3) is 0.538. The first-order valence-corrected chi connectivity index (χ1v) is 7.89. The first-order chi connectivity index (χ1) is 8.30. The highest BCUT2D eigenvalue weighted by molar-refractivity contribution is 9.09. The van der Waals surface area contributed by atoms with Crippen molar-refractivity contribution >= 4 is 27.7 Å². The molecule has 0 amide bonds. The van der Waals surface area contributed by atoms with Crippen LogP contribution in [0.5, 0.6) is 11.5 Å². The van der Waals surface area contributed by atoms with Crippen molar-refractivity contribution in [1.29, 1.82) is 0 Å². The number of rotatable bonds is 3. The van der Waals surface area contributed by atoms with E-state index >= 15 is 0 Å². The third kappa shape index (κ3) is 2.74. The molecule has 17 heavy (non-hydrogen) atoms. The van der Waals surface area contributed by atoms with Gasteiger partial charge in [-0.1, -0.05) is 15.9 Å². The fourth-order valence-electron chi connectivity index (χ4n) is 2.16. The van der Waals surface area contributed by atoms with Crippen LogP contribution >= 0.6 is 27.7 Å². The summed E-state index contributed by atoms with van der Waals surface area (Å²) in [6.07, 6.45) is 2.36. The predicted octanol–water partition coefficient (Wildman–Crippen LogP) is 3.82. The Balaban J connectivity index is 2.47. The van der Waals surface area contributed by atoms with E-state index in [0.29, 0.717) is 5.25 Å². The molecule has 0 aromatic heterocycles. The van der Waals surface area contributed by atoms with Crippen LogP contribution in [0.15, 0.2) is 12.1 Å². The molecular formula is C13H17BrO2S. The largest absolute Gasteiger partial charge is 0.493 e. The van der Waals surface area contributed by atoms with Crippen LogP contribution in [-0.4, -0.2) is 25.3 Å². The molecule has 0 N–H and O–H groups in total. The van der Waals surface area contributed by atoms with Crippen LogP contribution in [0.2, 0.25) is 0 Å². The quantitative estimate of drug-likeness (QED) is 0.790. The van der Waals surface area contributed by atoms with Crippen molar-refractivity contribution < 1.29 is 9.47 Å². The number of alkyl halides is 1. The molecule has 0 bridgehead atoms. The Morgan fingerprint density at radius 2 is 2.00 bits per heavy atom. The van der Waals surface area contributed by atoms with Gasteiger partial charge in [0.05, 0.1) is 14.2 Å². The maximum atomic E-state index is 5.39. The van der Waals surface area contributed by atoms with Crippen LogP contribution in [-0.2, 0) is 6.42 Å². The van der Waals surface area contributed by atoms with Gasteiger partial charge < -0.3 is 9.47 Å². The van der Waals surface area contributed by atoms with Gasteiger partial charge in [0.15, 0.2) is 11.5 Å². The zero-order valence-corrected chi connectivity index (χ0v) is 12.6. The van der Waals surface area contributed by atoms with E-state index in [1.807, 2.05) is 11.8 Å². The Kier molecular flexibility index (Phi) is 4.62.